The van der Waals surface area contributed by atoms with E-state index in [2.05, 4.69) is 108 Å². The molecular formula is C36H31N3O. The zero-order valence-corrected chi connectivity index (χ0v) is 22.2. The largest absolute Gasteiger partial charge is 0.493 e. The molecule has 1 heterocycles. The lowest BCUT2D eigenvalue weighted by Crippen LogP contribution is -2.36. The highest BCUT2D eigenvalue weighted by atomic mass is 16.5. The Labute approximate surface area is 235 Å². The maximum atomic E-state index is 6.29. The van der Waals surface area contributed by atoms with Crippen LogP contribution in [0.1, 0.15) is 22.3 Å². The van der Waals surface area contributed by atoms with Crippen LogP contribution in [0.3, 0.4) is 0 Å². The van der Waals surface area contributed by atoms with Gasteiger partial charge in [0.05, 0.1) is 18.6 Å². The number of aromatic nitrogens is 2. The van der Waals surface area contributed by atoms with Crippen LogP contribution in [0.2, 0.25) is 0 Å². The van der Waals surface area contributed by atoms with Crippen molar-refractivity contribution in [2.24, 2.45) is 0 Å². The molecule has 2 N–H and O–H groups in total. The van der Waals surface area contributed by atoms with Gasteiger partial charge in [-0.05, 0) is 46.5 Å². The van der Waals surface area contributed by atoms with Gasteiger partial charge >= 0.3 is 0 Å². The molecule has 0 amide bonds. The number of nitrogen functional groups attached to an aromatic ring is 1. The van der Waals surface area contributed by atoms with Crippen molar-refractivity contribution in [2.45, 2.75) is 12.0 Å². The third-order valence-corrected chi connectivity index (χ3v) is 7.34. The predicted molar refractivity (Wildman–Crippen MR) is 162 cm³/mol. The lowest BCUT2D eigenvalue weighted by Gasteiger charge is -2.37. The van der Waals surface area contributed by atoms with E-state index in [9.17, 15) is 0 Å². The molecule has 0 unspecified atom stereocenters. The summed E-state index contributed by atoms with van der Waals surface area (Å²) >= 11 is 0. The van der Waals surface area contributed by atoms with Gasteiger partial charge in [0.2, 0.25) is 0 Å². The van der Waals surface area contributed by atoms with Crippen LogP contribution in [-0.4, -0.2) is 16.2 Å². The summed E-state index contributed by atoms with van der Waals surface area (Å²) in [7, 11) is 0. The molecule has 0 spiro atoms. The van der Waals surface area contributed by atoms with Crippen molar-refractivity contribution >= 4 is 5.69 Å². The molecule has 196 valence electrons. The second-order valence-electron chi connectivity index (χ2n) is 9.81. The second-order valence-corrected chi connectivity index (χ2v) is 9.81. The molecule has 5 aromatic carbocycles. The maximum Gasteiger partial charge on any atom is 0.128 e. The summed E-state index contributed by atoms with van der Waals surface area (Å²) in [5.74, 6) is 0.813. The number of nitrogens with two attached hydrogens (primary N) is 1. The number of para-hydroxylation sites is 1. The quantitative estimate of drug-likeness (QED) is 0.157. The Kier molecular flexibility index (Phi) is 7.14. The second kappa shape index (κ2) is 11.3. The van der Waals surface area contributed by atoms with Gasteiger partial charge in [-0.3, -0.25) is 0 Å². The van der Waals surface area contributed by atoms with Crippen molar-refractivity contribution in [2.75, 3.05) is 12.3 Å². The van der Waals surface area contributed by atoms with E-state index in [4.69, 9.17) is 15.5 Å². The standard InChI is InChI=1S/C36H31N3O/c37-32-22-20-28(21-23-32)24-25-40-35-19-11-10-18-33(35)34-26-39(27-38-34)36(29-12-4-1-5-13-29,30-14-6-2-7-15-30)31-16-8-3-9-17-31/h1-23,26-27H,24-25,37H2. The van der Waals surface area contributed by atoms with Crippen LogP contribution < -0.4 is 10.5 Å². The Hall–Kier alpha value is -5.09. The molecule has 0 radical (unpaired) electrons. The van der Waals surface area contributed by atoms with E-state index >= 15 is 0 Å². The molecule has 6 aromatic rings. The molecule has 40 heavy (non-hydrogen) atoms. The van der Waals surface area contributed by atoms with Crippen LogP contribution in [0.4, 0.5) is 5.69 Å². The average Bonchev–Trinajstić information content (AvgIpc) is 3.51. The number of anilines is 1. The van der Waals surface area contributed by atoms with E-state index in [0.29, 0.717) is 6.61 Å². The van der Waals surface area contributed by atoms with Crippen LogP contribution in [0.25, 0.3) is 11.3 Å². The first kappa shape index (κ1) is 25.2. The van der Waals surface area contributed by atoms with E-state index in [1.54, 1.807) is 0 Å². The number of hydrogen-bond donors (Lipinski definition) is 1. The number of ether oxygens (including phenoxy) is 1. The smallest absolute Gasteiger partial charge is 0.128 e. The summed E-state index contributed by atoms with van der Waals surface area (Å²) in [6, 6.07) is 47.9. The summed E-state index contributed by atoms with van der Waals surface area (Å²) in [6.07, 6.45) is 4.87. The summed E-state index contributed by atoms with van der Waals surface area (Å²) in [6.45, 7) is 0.559. The molecule has 0 aliphatic carbocycles. The van der Waals surface area contributed by atoms with Crippen LogP contribution in [-0.2, 0) is 12.0 Å². The number of hydrogen-bond acceptors (Lipinski definition) is 3. The normalized spacial score (nSPS) is 11.3. The van der Waals surface area contributed by atoms with Gasteiger partial charge in [-0.15, -0.1) is 0 Å². The monoisotopic (exact) mass is 521 g/mol. The van der Waals surface area contributed by atoms with Gasteiger partial charge in [-0.2, -0.15) is 0 Å². The lowest BCUT2D eigenvalue weighted by atomic mass is 9.77. The van der Waals surface area contributed by atoms with Crippen molar-refractivity contribution in [3.63, 3.8) is 0 Å². The fourth-order valence-electron chi connectivity index (χ4n) is 5.40. The Morgan fingerprint density at radius 2 is 1.15 bits per heavy atom. The molecule has 0 aliphatic rings. The molecule has 0 saturated carbocycles. The van der Waals surface area contributed by atoms with E-state index in [-0.39, 0.29) is 0 Å². The predicted octanol–water partition coefficient (Wildman–Crippen LogP) is 7.59. The van der Waals surface area contributed by atoms with E-state index in [0.717, 1.165) is 45.8 Å². The zero-order valence-electron chi connectivity index (χ0n) is 22.2. The van der Waals surface area contributed by atoms with Gasteiger partial charge in [-0.25, -0.2) is 4.98 Å². The zero-order chi connectivity index (χ0) is 27.2. The van der Waals surface area contributed by atoms with Crippen LogP contribution in [0.15, 0.2) is 152 Å². The van der Waals surface area contributed by atoms with Gasteiger partial charge in [0, 0.05) is 23.9 Å². The highest BCUT2D eigenvalue weighted by Gasteiger charge is 2.38. The van der Waals surface area contributed by atoms with Gasteiger partial charge in [0.15, 0.2) is 0 Å². The lowest BCUT2D eigenvalue weighted by molar-refractivity contribution is 0.323. The summed E-state index contributed by atoms with van der Waals surface area (Å²) < 4.78 is 8.52. The minimum absolute atomic E-state index is 0.559. The molecule has 0 bridgehead atoms. The molecule has 0 saturated heterocycles. The Morgan fingerprint density at radius 1 is 0.625 bits per heavy atom. The van der Waals surface area contributed by atoms with E-state index in [1.165, 1.54) is 5.56 Å². The van der Waals surface area contributed by atoms with Crippen molar-refractivity contribution in [3.8, 4) is 17.0 Å². The first-order valence-corrected chi connectivity index (χ1v) is 13.5. The highest BCUT2D eigenvalue weighted by molar-refractivity contribution is 5.67. The van der Waals surface area contributed by atoms with Gasteiger partial charge in [-0.1, -0.05) is 115 Å². The number of imidazole rings is 1. The number of nitrogens with zero attached hydrogens (tertiary/aromatic N) is 2. The summed E-state index contributed by atoms with van der Waals surface area (Å²) in [5, 5.41) is 0. The van der Waals surface area contributed by atoms with Crippen molar-refractivity contribution in [3.05, 3.63) is 174 Å². The molecule has 6 rings (SSSR count). The van der Waals surface area contributed by atoms with E-state index < -0.39 is 5.54 Å². The first-order chi connectivity index (χ1) is 19.7. The molecule has 1 aromatic heterocycles. The minimum atomic E-state index is -0.611. The SMILES string of the molecule is Nc1ccc(CCOc2ccccc2-c2cn(C(c3ccccc3)(c3ccccc3)c3ccccc3)cn2)cc1. The number of benzene rings is 5. The summed E-state index contributed by atoms with van der Waals surface area (Å²) in [4.78, 5) is 4.93. The van der Waals surface area contributed by atoms with Crippen molar-refractivity contribution in [1.82, 2.24) is 9.55 Å². The van der Waals surface area contributed by atoms with Crippen molar-refractivity contribution < 1.29 is 4.74 Å². The third-order valence-electron chi connectivity index (χ3n) is 7.34. The highest BCUT2D eigenvalue weighted by Crippen LogP contribution is 2.42. The Morgan fingerprint density at radius 3 is 1.73 bits per heavy atom. The van der Waals surface area contributed by atoms with Crippen LogP contribution in [0.5, 0.6) is 5.75 Å². The fraction of sp³-hybridized carbons (Fsp3) is 0.0833. The molecule has 0 atom stereocenters. The van der Waals surface area contributed by atoms with Crippen LogP contribution in [0, 0.1) is 0 Å². The topological polar surface area (TPSA) is 53.1 Å². The Bertz CT molecular complexity index is 1560. The average molecular weight is 522 g/mol. The minimum Gasteiger partial charge on any atom is -0.493 e. The summed E-state index contributed by atoms with van der Waals surface area (Å²) in [5.41, 5.74) is 12.5. The first-order valence-electron chi connectivity index (χ1n) is 13.5. The van der Waals surface area contributed by atoms with Gasteiger partial charge in [0.1, 0.15) is 11.3 Å². The van der Waals surface area contributed by atoms with E-state index in [1.807, 2.05) is 48.8 Å². The van der Waals surface area contributed by atoms with Gasteiger partial charge in [0.25, 0.3) is 0 Å². The molecule has 4 nitrogen and oxygen atoms in total. The Balaban J connectivity index is 1.41. The number of rotatable bonds is 9. The molecule has 4 heteroatoms. The third kappa shape index (κ3) is 4.87. The maximum absolute atomic E-state index is 6.29. The van der Waals surface area contributed by atoms with Gasteiger partial charge < -0.3 is 15.0 Å². The molecule has 0 fully saturated rings. The molecule has 0 aliphatic heterocycles. The molecular weight excluding hydrogens is 490 g/mol. The fourth-order valence-corrected chi connectivity index (χ4v) is 5.40. The van der Waals surface area contributed by atoms with Crippen LogP contribution >= 0.6 is 0 Å². The van der Waals surface area contributed by atoms with Crippen molar-refractivity contribution in [1.29, 1.82) is 0 Å².